The van der Waals surface area contributed by atoms with Gasteiger partial charge in [-0.1, -0.05) is 0 Å². The second kappa shape index (κ2) is 5.29. The van der Waals surface area contributed by atoms with Gasteiger partial charge in [-0.25, -0.2) is 9.97 Å². The fraction of sp³-hybridized carbons (Fsp3) is 0.500. The molecule has 0 aliphatic rings. The maximum absolute atomic E-state index is 10.3. The first-order valence-electron chi connectivity index (χ1n) is 4.77. The molecular formula is C10H14N2O3. The highest BCUT2D eigenvalue weighted by Gasteiger charge is 2.03. The number of nitrogens with zero attached hydrogens (tertiary/aromatic N) is 2. The molecular weight excluding hydrogens is 196 g/mol. The van der Waals surface area contributed by atoms with Gasteiger partial charge in [-0.15, -0.1) is 0 Å². The van der Waals surface area contributed by atoms with E-state index in [1.165, 1.54) is 0 Å². The fourth-order valence-corrected chi connectivity index (χ4v) is 1.02. The lowest BCUT2D eigenvalue weighted by Crippen LogP contribution is -2.07. The van der Waals surface area contributed by atoms with E-state index in [1.54, 1.807) is 12.4 Å². The van der Waals surface area contributed by atoms with Crippen LogP contribution in [0.15, 0.2) is 12.4 Å². The van der Waals surface area contributed by atoms with Gasteiger partial charge in [0.25, 0.3) is 0 Å². The van der Waals surface area contributed by atoms with Crippen LogP contribution in [0.5, 0.6) is 5.75 Å². The van der Waals surface area contributed by atoms with Crippen LogP contribution in [0.2, 0.25) is 0 Å². The number of ether oxygens (including phenoxy) is 1. The van der Waals surface area contributed by atoms with Gasteiger partial charge in [-0.3, -0.25) is 4.79 Å². The van der Waals surface area contributed by atoms with Gasteiger partial charge in [-0.05, 0) is 13.8 Å². The van der Waals surface area contributed by atoms with E-state index in [-0.39, 0.29) is 12.5 Å². The van der Waals surface area contributed by atoms with Gasteiger partial charge in [0.1, 0.15) is 5.82 Å². The van der Waals surface area contributed by atoms with Gasteiger partial charge < -0.3 is 9.84 Å². The van der Waals surface area contributed by atoms with Crippen molar-refractivity contribution < 1.29 is 14.6 Å². The minimum atomic E-state index is -0.846. The number of aryl methyl sites for hydroxylation is 1. The lowest BCUT2D eigenvalue weighted by Gasteiger charge is -2.08. The molecule has 82 valence electrons. The van der Waals surface area contributed by atoms with Crippen molar-refractivity contribution in [3.63, 3.8) is 0 Å². The van der Waals surface area contributed by atoms with E-state index >= 15 is 0 Å². The van der Waals surface area contributed by atoms with Crippen LogP contribution in [0.3, 0.4) is 0 Å². The van der Waals surface area contributed by atoms with Crippen LogP contribution in [-0.2, 0) is 11.2 Å². The lowest BCUT2D eigenvalue weighted by atomic mass is 10.3. The summed E-state index contributed by atoms with van der Waals surface area (Å²) >= 11 is 0. The quantitative estimate of drug-likeness (QED) is 0.792. The standard InChI is InChI=1S/C10H14N2O3/c1-7(2)15-8-5-11-9(12-6-8)3-4-10(13)14/h5-7H,3-4H2,1-2H3,(H,13,14). The smallest absolute Gasteiger partial charge is 0.303 e. The Morgan fingerprint density at radius 3 is 2.53 bits per heavy atom. The largest absolute Gasteiger partial charge is 0.488 e. The van der Waals surface area contributed by atoms with Crippen molar-refractivity contribution >= 4 is 5.97 Å². The molecule has 1 aromatic heterocycles. The Balaban J connectivity index is 2.52. The molecule has 0 radical (unpaired) electrons. The monoisotopic (exact) mass is 210 g/mol. The zero-order valence-corrected chi connectivity index (χ0v) is 8.80. The molecule has 0 saturated carbocycles. The molecule has 0 aliphatic heterocycles. The predicted molar refractivity (Wildman–Crippen MR) is 53.8 cm³/mol. The number of hydrogen-bond acceptors (Lipinski definition) is 4. The van der Waals surface area contributed by atoms with Crippen molar-refractivity contribution in [3.8, 4) is 5.75 Å². The molecule has 5 nitrogen and oxygen atoms in total. The molecule has 0 spiro atoms. The SMILES string of the molecule is CC(C)Oc1cnc(CCC(=O)O)nc1. The van der Waals surface area contributed by atoms with E-state index < -0.39 is 5.97 Å². The second-order valence-corrected chi connectivity index (χ2v) is 3.40. The van der Waals surface area contributed by atoms with Crippen LogP contribution in [-0.4, -0.2) is 27.1 Å². The van der Waals surface area contributed by atoms with E-state index in [0.717, 1.165) is 0 Å². The minimum absolute atomic E-state index is 0.0460. The normalized spacial score (nSPS) is 10.3. The summed E-state index contributed by atoms with van der Waals surface area (Å²) in [6.07, 6.45) is 3.59. The van der Waals surface area contributed by atoms with Crippen molar-refractivity contribution in [1.82, 2.24) is 9.97 Å². The molecule has 5 heteroatoms. The predicted octanol–water partition coefficient (Wildman–Crippen LogP) is 1.28. The average molecular weight is 210 g/mol. The summed E-state index contributed by atoms with van der Waals surface area (Å²) in [6.45, 7) is 3.83. The van der Waals surface area contributed by atoms with Crippen LogP contribution in [0.1, 0.15) is 26.1 Å². The number of aliphatic carboxylic acids is 1. The Hall–Kier alpha value is -1.65. The van der Waals surface area contributed by atoms with Crippen LogP contribution < -0.4 is 4.74 Å². The molecule has 1 heterocycles. The van der Waals surface area contributed by atoms with Crippen molar-refractivity contribution in [2.45, 2.75) is 32.8 Å². The van der Waals surface area contributed by atoms with Gasteiger partial charge in [0.15, 0.2) is 5.75 Å². The summed E-state index contributed by atoms with van der Waals surface area (Å²) in [5.74, 6) is 0.277. The molecule has 0 amide bonds. The van der Waals surface area contributed by atoms with E-state index in [1.807, 2.05) is 13.8 Å². The van der Waals surface area contributed by atoms with E-state index in [2.05, 4.69) is 9.97 Å². The van der Waals surface area contributed by atoms with Crippen LogP contribution in [0.4, 0.5) is 0 Å². The second-order valence-electron chi connectivity index (χ2n) is 3.40. The van der Waals surface area contributed by atoms with Crippen LogP contribution in [0, 0.1) is 0 Å². The first kappa shape index (κ1) is 11.4. The lowest BCUT2D eigenvalue weighted by molar-refractivity contribution is -0.137. The maximum atomic E-state index is 10.3. The van der Waals surface area contributed by atoms with E-state index in [4.69, 9.17) is 9.84 Å². The summed E-state index contributed by atoms with van der Waals surface area (Å²) in [5, 5.41) is 8.47. The minimum Gasteiger partial charge on any atom is -0.488 e. The number of carbonyl (C=O) groups is 1. The number of carboxylic acid groups (broad SMARTS) is 1. The number of rotatable bonds is 5. The Labute approximate surface area is 88.1 Å². The summed E-state index contributed by atoms with van der Waals surface area (Å²) in [7, 11) is 0. The molecule has 0 unspecified atom stereocenters. The van der Waals surface area contributed by atoms with Gasteiger partial charge >= 0.3 is 5.97 Å². The van der Waals surface area contributed by atoms with Crippen molar-refractivity contribution in [1.29, 1.82) is 0 Å². The van der Waals surface area contributed by atoms with E-state index in [0.29, 0.717) is 18.0 Å². The maximum Gasteiger partial charge on any atom is 0.303 e. The highest BCUT2D eigenvalue weighted by molar-refractivity contribution is 5.66. The summed E-state index contributed by atoms with van der Waals surface area (Å²) in [6, 6.07) is 0. The zero-order chi connectivity index (χ0) is 11.3. The first-order chi connectivity index (χ1) is 7.08. The Morgan fingerprint density at radius 1 is 1.47 bits per heavy atom. The molecule has 0 aromatic carbocycles. The molecule has 1 N–H and O–H groups in total. The van der Waals surface area contributed by atoms with Crippen molar-refractivity contribution in [2.75, 3.05) is 0 Å². The molecule has 0 saturated heterocycles. The Morgan fingerprint density at radius 2 is 2.07 bits per heavy atom. The first-order valence-corrected chi connectivity index (χ1v) is 4.77. The topological polar surface area (TPSA) is 72.3 Å². The molecule has 0 aliphatic carbocycles. The molecule has 15 heavy (non-hydrogen) atoms. The third-order valence-electron chi connectivity index (χ3n) is 1.62. The molecule has 0 fully saturated rings. The molecule has 1 rings (SSSR count). The van der Waals surface area contributed by atoms with Gasteiger partial charge in [0.05, 0.1) is 24.9 Å². The fourth-order valence-electron chi connectivity index (χ4n) is 1.02. The van der Waals surface area contributed by atoms with E-state index in [9.17, 15) is 4.79 Å². The Bertz CT molecular complexity index is 322. The zero-order valence-electron chi connectivity index (χ0n) is 8.80. The van der Waals surface area contributed by atoms with Crippen LogP contribution >= 0.6 is 0 Å². The molecule has 1 aromatic rings. The van der Waals surface area contributed by atoms with Gasteiger partial charge in [-0.2, -0.15) is 0 Å². The summed E-state index contributed by atoms with van der Waals surface area (Å²) in [5.41, 5.74) is 0. The van der Waals surface area contributed by atoms with Crippen LogP contribution in [0.25, 0.3) is 0 Å². The number of hydrogen-bond donors (Lipinski definition) is 1. The third-order valence-corrected chi connectivity index (χ3v) is 1.62. The summed E-state index contributed by atoms with van der Waals surface area (Å²) in [4.78, 5) is 18.3. The highest BCUT2D eigenvalue weighted by Crippen LogP contribution is 2.09. The molecule has 0 bridgehead atoms. The van der Waals surface area contributed by atoms with Crippen molar-refractivity contribution in [3.05, 3.63) is 18.2 Å². The number of carboxylic acids is 1. The molecule has 0 atom stereocenters. The Kier molecular flexibility index (Phi) is 4.03. The third kappa shape index (κ3) is 4.39. The highest BCUT2D eigenvalue weighted by atomic mass is 16.5. The average Bonchev–Trinajstić information content (AvgIpc) is 2.16. The van der Waals surface area contributed by atoms with Crippen molar-refractivity contribution in [2.24, 2.45) is 0 Å². The van der Waals surface area contributed by atoms with Gasteiger partial charge in [0, 0.05) is 6.42 Å². The summed E-state index contributed by atoms with van der Waals surface area (Å²) < 4.78 is 5.35. The number of aromatic nitrogens is 2. The van der Waals surface area contributed by atoms with Gasteiger partial charge in [0.2, 0.25) is 0 Å².